The molecule has 0 saturated heterocycles. The Kier molecular flexibility index (Phi) is 4.88. The lowest BCUT2D eigenvalue weighted by molar-refractivity contribution is 0.252. The van der Waals surface area contributed by atoms with E-state index in [9.17, 15) is 9.18 Å². The van der Waals surface area contributed by atoms with Crippen LogP contribution in [0.3, 0.4) is 0 Å². The molecule has 0 heterocycles. The third-order valence-electron chi connectivity index (χ3n) is 3.25. The Labute approximate surface area is 129 Å². The molecule has 0 aliphatic heterocycles. The fourth-order valence-corrected chi connectivity index (χ4v) is 2.05. The van der Waals surface area contributed by atoms with Crippen molar-refractivity contribution < 1.29 is 9.18 Å². The number of hydrogen-bond donors (Lipinski definition) is 2. The lowest BCUT2D eigenvalue weighted by Crippen LogP contribution is -2.25. The number of nitrogens with zero attached hydrogens (tertiary/aromatic N) is 1. The van der Waals surface area contributed by atoms with E-state index in [1.165, 1.54) is 12.3 Å². The van der Waals surface area contributed by atoms with Gasteiger partial charge in [0.15, 0.2) is 0 Å². The molecule has 0 bridgehead atoms. The van der Waals surface area contributed by atoms with E-state index in [1.54, 1.807) is 19.1 Å². The van der Waals surface area contributed by atoms with Gasteiger partial charge in [0.2, 0.25) is 0 Å². The first-order valence-corrected chi connectivity index (χ1v) is 6.90. The molecule has 2 amide bonds. The number of carbonyl (C=O) groups is 1. The van der Waals surface area contributed by atoms with Gasteiger partial charge in [0.1, 0.15) is 5.82 Å². The van der Waals surface area contributed by atoms with Crippen LogP contribution in [0, 0.1) is 26.6 Å². The minimum absolute atomic E-state index is 0.318. The minimum atomic E-state index is -0.471. The molecule has 4 nitrogen and oxygen atoms in total. The number of nitrogens with one attached hydrogen (secondary N) is 2. The van der Waals surface area contributed by atoms with Crippen molar-refractivity contribution in [2.75, 3.05) is 5.32 Å². The van der Waals surface area contributed by atoms with E-state index in [2.05, 4.69) is 15.8 Å². The Hall–Kier alpha value is -2.69. The fourth-order valence-electron chi connectivity index (χ4n) is 2.05. The number of urea groups is 1. The number of anilines is 1. The Morgan fingerprint density at radius 3 is 2.45 bits per heavy atom. The molecule has 0 aliphatic carbocycles. The average molecular weight is 299 g/mol. The maximum atomic E-state index is 13.6. The van der Waals surface area contributed by atoms with Crippen molar-refractivity contribution in [1.82, 2.24) is 5.43 Å². The van der Waals surface area contributed by atoms with E-state index in [-0.39, 0.29) is 5.82 Å². The van der Waals surface area contributed by atoms with Gasteiger partial charge in [0.25, 0.3) is 0 Å². The van der Waals surface area contributed by atoms with Gasteiger partial charge in [-0.2, -0.15) is 5.10 Å². The fraction of sp³-hybridized carbons (Fsp3) is 0.176. The number of hydrogen-bond acceptors (Lipinski definition) is 2. The summed E-state index contributed by atoms with van der Waals surface area (Å²) in [5, 5.41) is 6.49. The van der Waals surface area contributed by atoms with E-state index >= 15 is 0 Å². The molecule has 0 unspecified atom stereocenters. The van der Waals surface area contributed by atoms with Gasteiger partial charge >= 0.3 is 6.03 Å². The van der Waals surface area contributed by atoms with Crippen molar-refractivity contribution in [2.45, 2.75) is 20.8 Å². The molecule has 0 atom stereocenters. The van der Waals surface area contributed by atoms with Crippen LogP contribution < -0.4 is 10.7 Å². The molecule has 114 valence electrons. The monoisotopic (exact) mass is 299 g/mol. The van der Waals surface area contributed by atoms with E-state index in [0.29, 0.717) is 5.56 Å². The minimum Gasteiger partial charge on any atom is -0.306 e. The van der Waals surface area contributed by atoms with Gasteiger partial charge in [0.05, 0.1) is 6.21 Å². The lowest BCUT2D eigenvalue weighted by atomic mass is 10.1. The van der Waals surface area contributed by atoms with E-state index < -0.39 is 6.03 Å². The van der Waals surface area contributed by atoms with Gasteiger partial charge in [-0.25, -0.2) is 14.6 Å². The number of amides is 2. The van der Waals surface area contributed by atoms with Crippen molar-refractivity contribution >= 4 is 17.9 Å². The van der Waals surface area contributed by atoms with E-state index in [1.807, 2.05) is 32.0 Å². The number of rotatable bonds is 3. The molecule has 0 spiro atoms. The summed E-state index contributed by atoms with van der Waals surface area (Å²) < 4.78 is 13.6. The topological polar surface area (TPSA) is 53.5 Å². The summed E-state index contributed by atoms with van der Waals surface area (Å²) in [4.78, 5) is 11.8. The predicted molar refractivity (Wildman–Crippen MR) is 86.8 cm³/mol. The van der Waals surface area contributed by atoms with E-state index in [4.69, 9.17) is 0 Å². The number of hydrazone groups is 1. The molecular formula is C17H18FN3O. The first-order valence-electron chi connectivity index (χ1n) is 6.90. The van der Waals surface area contributed by atoms with Crippen LogP contribution in [0.25, 0.3) is 0 Å². The lowest BCUT2D eigenvalue weighted by Gasteiger charge is -2.10. The van der Waals surface area contributed by atoms with Gasteiger partial charge < -0.3 is 5.32 Å². The smallest absolute Gasteiger partial charge is 0.306 e. The molecule has 2 aromatic rings. The van der Waals surface area contributed by atoms with Crippen LogP contribution in [-0.4, -0.2) is 12.2 Å². The number of carbonyl (C=O) groups excluding carboxylic acids is 1. The van der Waals surface area contributed by atoms with Gasteiger partial charge in [-0.1, -0.05) is 30.3 Å². The molecule has 0 aliphatic rings. The van der Waals surface area contributed by atoms with Crippen LogP contribution in [0.1, 0.15) is 22.3 Å². The van der Waals surface area contributed by atoms with Gasteiger partial charge in [-0.05, 0) is 43.5 Å². The molecule has 2 aromatic carbocycles. The number of para-hydroxylation sites is 1. The highest BCUT2D eigenvalue weighted by Gasteiger charge is 2.06. The first kappa shape index (κ1) is 15.7. The molecule has 22 heavy (non-hydrogen) atoms. The molecular weight excluding hydrogens is 281 g/mol. The summed E-state index contributed by atoms with van der Waals surface area (Å²) in [7, 11) is 0. The summed E-state index contributed by atoms with van der Waals surface area (Å²) in [6.45, 7) is 5.63. The normalized spacial score (nSPS) is 10.7. The van der Waals surface area contributed by atoms with Crippen LogP contribution in [0.5, 0.6) is 0 Å². The van der Waals surface area contributed by atoms with Crippen molar-refractivity contribution in [3.63, 3.8) is 0 Å². The van der Waals surface area contributed by atoms with Crippen molar-refractivity contribution in [2.24, 2.45) is 5.10 Å². The second-order valence-corrected chi connectivity index (χ2v) is 5.12. The Balaban J connectivity index is 1.99. The quantitative estimate of drug-likeness (QED) is 0.655. The third-order valence-corrected chi connectivity index (χ3v) is 3.25. The molecule has 0 saturated carbocycles. The highest BCUT2D eigenvalue weighted by molar-refractivity contribution is 5.91. The van der Waals surface area contributed by atoms with Crippen LogP contribution >= 0.6 is 0 Å². The molecule has 2 N–H and O–H groups in total. The SMILES string of the molecule is Cc1ccc(C=NNC(=O)Nc2c(C)cccc2C)c(F)c1. The maximum absolute atomic E-state index is 13.6. The summed E-state index contributed by atoms with van der Waals surface area (Å²) in [6.07, 6.45) is 1.28. The van der Waals surface area contributed by atoms with Gasteiger partial charge in [-0.15, -0.1) is 0 Å². The van der Waals surface area contributed by atoms with E-state index in [0.717, 1.165) is 22.4 Å². The Morgan fingerprint density at radius 1 is 1.14 bits per heavy atom. The highest BCUT2D eigenvalue weighted by atomic mass is 19.1. The highest BCUT2D eigenvalue weighted by Crippen LogP contribution is 2.18. The Morgan fingerprint density at radius 2 is 1.82 bits per heavy atom. The molecule has 0 fully saturated rings. The van der Waals surface area contributed by atoms with Crippen molar-refractivity contribution in [1.29, 1.82) is 0 Å². The second-order valence-electron chi connectivity index (χ2n) is 5.12. The first-order chi connectivity index (χ1) is 10.5. The molecule has 2 rings (SSSR count). The molecule has 0 radical (unpaired) electrons. The van der Waals surface area contributed by atoms with Crippen LogP contribution in [0.2, 0.25) is 0 Å². The summed E-state index contributed by atoms with van der Waals surface area (Å²) in [6, 6.07) is 10.1. The van der Waals surface area contributed by atoms with Crippen molar-refractivity contribution in [3.05, 3.63) is 64.5 Å². The maximum Gasteiger partial charge on any atom is 0.339 e. The predicted octanol–water partition coefficient (Wildman–Crippen LogP) is 3.91. The van der Waals surface area contributed by atoms with Gasteiger partial charge in [-0.3, -0.25) is 0 Å². The standard InChI is InChI=1S/C17H18FN3O/c1-11-7-8-14(15(18)9-11)10-19-21-17(22)20-16-12(2)5-4-6-13(16)3/h4-10H,1-3H3,(H2,20,21,22). The number of benzene rings is 2. The third kappa shape index (κ3) is 3.91. The van der Waals surface area contributed by atoms with Crippen LogP contribution in [-0.2, 0) is 0 Å². The summed E-state index contributed by atoms with van der Waals surface area (Å²) >= 11 is 0. The van der Waals surface area contributed by atoms with Crippen LogP contribution in [0.15, 0.2) is 41.5 Å². The second kappa shape index (κ2) is 6.85. The average Bonchev–Trinajstić information content (AvgIpc) is 2.45. The summed E-state index contributed by atoms with van der Waals surface area (Å²) in [5.74, 6) is -0.374. The zero-order valence-corrected chi connectivity index (χ0v) is 12.8. The molecule has 0 aromatic heterocycles. The van der Waals surface area contributed by atoms with Crippen molar-refractivity contribution in [3.8, 4) is 0 Å². The molecule has 5 heteroatoms. The Bertz CT molecular complexity index is 706. The number of aryl methyl sites for hydroxylation is 3. The zero-order valence-electron chi connectivity index (χ0n) is 12.8. The van der Waals surface area contributed by atoms with Gasteiger partial charge in [0, 0.05) is 11.3 Å². The summed E-state index contributed by atoms with van der Waals surface area (Å²) in [5.41, 5.74) is 6.15. The van der Waals surface area contributed by atoms with Crippen LogP contribution in [0.4, 0.5) is 14.9 Å². The zero-order chi connectivity index (χ0) is 16.1. The largest absolute Gasteiger partial charge is 0.339 e. The number of halogens is 1.